The van der Waals surface area contributed by atoms with Crippen LogP contribution in [0.25, 0.3) is 0 Å². The van der Waals surface area contributed by atoms with Gasteiger partial charge in [-0.1, -0.05) is 37.6 Å². The summed E-state index contributed by atoms with van der Waals surface area (Å²) in [5.74, 6) is 0. The number of rotatable bonds is 3. The standard InChI is InChI=1S/C13H21NO.ClH/c1-9-5-6-10(2)11(7-9)12(14)13(3,4)8-15;/h5-7,12,15H,8,14H2,1-4H3;1H/t12-;/m1./s1. The van der Waals surface area contributed by atoms with Crippen LogP contribution in [0.5, 0.6) is 0 Å². The second kappa shape index (κ2) is 5.67. The molecule has 0 amide bonds. The van der Waals surface area contributed by atoms with Gasteiger partial charge in [0.05, 0.1) is 0 Å². The third kappa shape index (κ3) is 3.21. The fourth-order valence-electron chi connectivity index (χ4n) is 1.61. The van der Waals surface area contributed by atoms with E-state index in [1.165, 1.54) is 11.1 Å². The van der Waals surface area contributed by atoms with Gasteiger partial charge in [-0.2, -0.15) is 0 Å². The molecular weight excluding hydrogens is 222 g/mol. The van der Waals surface area contributed by atoms with Crippen LogP contribution in [-0.2, 0) is 0 Å². The van der Waals surface area contributed by atoms with Gasteiger partial charge in [0, 0.05) is 18.1 Å². The highest BCUT2D eigenvalue weighted by Crippen LogP contribution is 2.32. The van der Waals surface area contributed by atoms with Crippen molar-refractivity contribution in [2.75, 3.05) is 6.61 Å². The minimum absolute atomic E-state index is 0. The third-order valence-corrected chi connectivity index (χ3v) is 3.02. The summed E-state index contributed by atoms with van der Waals surface area (Å²) >= 11 is 0. The zero-order valence-corrected chi connectivity index (χ0v) is 11.3. The van der Waals surface area contributed by atoms with Crippen molar-refractivity contribution in [2.45, 2.75) is 33.7 Å². The van der Waals surface area contributed by atoms with Crippen LogP contribution in [0.2, 0.25) is 0 Å². The average molecular weight is 244 g/mol. The number of aryl methyl sites for hydroxylation is 2. The molecule has 0 heterocycles. The molecule has 0 aliphatic rings. The fraction of sp³-hybridized carbons (Fsp3) is 0.538. The van der Waals surface area contributed by atoms with Crippen LogP contribution in [-0.4, -0.2) is 11.7 Å². The molecule has 1 rings (SSSR count). The van der Waals surface area contributed by atoms with Crippen molar-refractivity contribution >= 4 is 12.4 Å². The van der Waals surface area contributed by atoms with Crippen LogP contribution in [0, 0.1) is 19.3 Å². The lowest BCUT2D eigenvalue weighted by molar-refractivity contribution is 0.132. The first-order chi connectivity index (χ1) is 6.88. The Balaban J connectivity index is 0.00000225. The lowest BCUT2D eigenvalue weighted by Gasteiger charge is -2.31. The Bertz CT molecular complexity index is 350. The Morgan fingerprint density at radius 1 is 1.31 bits per heavy atom. The third-order valence-electron chi connectivity index (χ3n) is 3.02. The second-order valence-corrected chi connectivity index (χ2v) is 4.98. The van der Waals surface area contributed by atoms with Crippen LogP contribution in [0.4, 0.5) is 0 Å². The molecule has 0 aromatic heterocycles. The Kier molecular flexibility index (Phi) is 5.47. The van der Waals surface area contributed by atoms with E-state index in [9.17, 15) is 5.11 Å². The first-order valence-electron chi connectivity index (χ1n) is 5.32. The van der Waals surface area contributed by atoms with Gasteiger partial charge in [-0.15, -0.1) is 12.4 Å². The predicted molar refractivity (Wildman–Crippen MR) is 71.0 cm³/mol. The normalized spacial score (nSPS) is 13.1. The zero-order valence-electron chi connectivity index (χ0n) is 10.4. The van der Waals surface area contributed by atoms with Gasteiger partial charge in [0.2, 0.25) is 0 Å². The fourth-order valence-corrected chi connectivity index (χ4v) is 1.61. The molecule has 3 N–H and O–H groups in total. The highest BCUT2D eigenvalue weighted by molar-refractivity contribution is 5.85. The first-order valence-corrected chi connectivity index (χ1v) is 5.32. The van der Waals surface area contributed by atoms with E-state index in [1.807, 2.05) is 13.8 Å². The molecule has 0 aliphatic carbocycles. The number of benzene rings is 1. The van der Waals surface area contributed by atoms with E-state index in [0.29, 0.717) is 0 Å². The van der Waals surface area contributed by atoms with E-state index < -0.39 is 0 Å². The van der Waals surface area contributed by atoms with Crippen molar-refractivity contribution in [3.05, 3.63) is 34.9 Å². The molecular formula is C13H22ClNO. The Labute approximate surface area is 104 Å². The van der Waals surface area contributed by atoms with E-state index in [2.05, 4.69) is 32.0 Å². The maximum Gasteiger partial charge on any atom is 0.0500 e. The van der Waals surface area contributed by atoms with Crippen molar-refractivity contribution in [1.82, 2.24) is 0 Å². The molecule has 3 heteroatoms. The van der Waals surface area contributed by atoms with E-state index in [0.717, 1.165) is 5.56 Å². The number of hydrogen-bond donors (Lipinski definition) is 2. The number of halogens is 1. The second-order valence-electron chi connectivity index (χ2n) is 4.98. The average Bonchev–Trinajstić information content (AvgIpc) is 2.20. The molecule has 0 bridgehead atoms. The van der Waals surface area contributed by atoms with Gasteiger partial charge in [0.25, 0.3) is 0 Å². The molecule has 0 spiro atoms. The molecule has 0 aliphatic heterocycles. The smallest absolute Gasteiger partial charge is 0.0500 e. The van der Waals surface area contributed by atoms with E-state index in [1.54, 1.807) is 0 Å². The predicted octanol–water partition coefficient (Wildman–Crippen LogP) is 2.74. The summed E-state index contributed by atoms with van der Waals surface area (Å²) in [4.78, 5) is 0. The van der Waals surface area contributed by atoms with E-state index in [-0.39, 0.29) is 30.5 Å². The van der Waals surface area contributed by atoms with Gasteiger partial charge >= 0.3 is 0 Å². The van der Waals surface area contributed by atoms with Gasteiger partial charge in [0.1, 0.15) is 0 Å². The van der Waals surface area contributed by atoms with Crippen LogP contribution < -0.4 is 5.73 Å². The Morgan fingerprint density at radius 2 is 1.88 bits per heavy atom. The molecule has 1 atom stereocenters. The van der Waals surface area contributed by atoms with Gasteiger partial charge in [-0.25, -0.2) is 0 Å². The minimum Gasteiger partial charge on any atom is -0.396 e. The quantitative estimate of drug-likeness (QED) is 0.858. The van der Waals surface area contributed by atoms with Crippen LogP contribution in [0.3, 0.4) is 0 Å². The van der Waals surface area contributed by atoms with Gasteiger partial charge < -0.3 is 10.8 Å². The van der Waals surface area contributed by atoms with Crippen molar-refractivity contribution in [2.24, 2.45) is 11.1 Å². The SMILES string of the molecule is Cc1ccc(C)c([C@@H](N)C(C)(C)CO)c1.Cl. The van der Waals surface area contributed by atoms with Crippen LogP contribution >= 0.6 is 12.4 Å². The first kappa shape index (κ1) is 15.4. The molecule has 16 heavy (non-hydrogen) atoms. The molecule has 0 fully saturated rings. The minimum atomic E-state index is -0.279. The number of hydrogen-bond acceptors (Lipinski definition) is 2. The number of aliphatic hydroxyl groups excluding tert-OH is 1. The number of nitrogens with two attached hydrogens (primary N) is 1. The summed E-state index contributed by atoms with van der Waals surface area (Å²) in [6.07, 6.45) is 0. The summed E-state index contributed by atoms with van der Waals surface area (Å²) in [6, 6.07) is 6.15. The van der Waals surface area contributed by atoms with Crippen molar-refractivity contribution in [1.29, 1.82) is 0 Å². The molecule has 0 saturated heterocycles. The van der Waals surface area contributed by atoms with E-state index in [4.69, 9.17) is 5.73 Å². The molecule has 0 radical (unpaired) electrons. The van der Waals surface area contributed by atoms with Gasteiger partial charge in [-0.3, -0.25) is 0 Å². The summed E-state index contributed by atoms with van der Waals surface area (Å²) in [7, 11) is 0. The summed E-state index contributed by atoms with van der Waals surface area (Å²) in [5, 5.41) is 9.31. The van der Waals surface area contributed by atoms with Crippen molar-refractivity contribution in [3.63, 3.8) is 0 Å². The lowest BCUT2D eigenvalue weighted by Crippen LogP contribution is -2.32. The number of aliphatic hydroxyl groups is 1. The highest BCUT2D eigenvalue weighted by Gasteiger charge is 2.27. The Morgan fingerprint density at radius 3 is 2.38 bits per heavy atom. The van der Waals surface area contributed by atoms with Crippen LogP contribution in [0.15, 0.2) is 18.2 Å². The van der Waals surface area contributed by atoms with Gasteiger partial charge in [0.15, 0.2) is 0 Å². The lowest BCUT2D eigenvalue weighted by atomic mass is 9.80. The van der Waals surface area contributed by atoms with Crippen molar-refractivity contribution < 1.29 is 5.11 Å². The molecule has 2 nitrogen and oxygen atoms in total. The monoisotopic (exact) mass is 243 g/mol. The summed E-state index contributed by atoms with van der Waals surface area (Å²) in [5.41, 5.74) is 9.44. The molecule has 1 aromatic carbocycles. The molecule has 0 saturated carbocycles. The maximum atomic E-state index is 9.31. The highest BCUT2D eigenvalue weighted by atomic mass is 35.5. The maximum absolute atomic E-state index is 9.31. The Hall–Kier alpha value is -0.570. The molecule has 92 valence electrons. The summed E-state index contributed by atoms with van der Waals surface area (Å²) < 4.78 is 0. The summed E-state index contributed by atoms with van der Waals surface area (Å²) in [6.45, 7) is 8.18. The van der Waals surface area contributed by atoms with Gasteiger partial charge in [-0.05, 0) is 25.0 Å². The zero-order chi connectivity index (χ0) is 11.6. The molecule has 0 unspecified atom stereocenters. The molecule has 1 aromatic rings. The topological polar surface area (TPSA) is 46.2 Å². The largest absolute Gasteiger partial charge is 0.396 e. The van der Waals surface area contributed by atoms with E-state index >= 15 is 0 Å². The van der Waals surface area contributed by atoms with Crippen LogP contribution in [0.1, 0.15) is 36.6 Å². The van der Waals surface area contributed by atoms with Crippen molar-refractivity contribution in [3.8, 4) is 0 Å².